The van der Waals surface area contributed by atoms with Crippen LogP contribution in [-0.4, -0.2) is 28.9 Å². The third-order valence-corrected chi connectivity index (χ3v) is 5.77. The summed E-state index contributed by atoms with van der Waals surface area (Å²) in [6.07, 6.45) is -1.75. The number of nitrogens with one attached hydrogen (secondary N) is 1. The monoisotopic (exact) mass is 428 g/mol. The first-order chi connectivity index (χ1) is 13.8. The predicted octanol–water partition coefficient (Wildman–Crippen LogP) is 4.58. The average Bonchev–Trinajstić information content (AvgIpc) is 3.36. The lowest BCUT2D eigenvalue weighted by Gasteiger charge is -2.32. The number of halogens is 4. The van der Waals surface area contributed by atoms with Crippen molar-refractivity contribution in [3.8, 4) is 0 Å². The molecule has 1 aromatic carbocycles. The second kappa shape index (κ2) is 8.94. The Morgan fingerprint density at radius 1 is 1.14 bits per heavy atom. The van der Waals surface area contributed by atoms with Gasteiger partial charge in [0.2, 0.25) is 5.91 Å². The number of nitrogens with zero attached hydrogens (tertiary/aromatic N) is 1. The Morgan fingerprint density at radius 2 is 1.79 bits per heavy atom. The second-order valence-electron chi connectivity index (χ2n) is 6.97. The van der Waals surface area contributed by atoms with Crippen LogP contribution in [0.4, 0.5) is 17.6 Å². The molecule has 1 aliphatic carbocycles. The highest BCUT2D eigenvalue weighted by Gasteiger charge is 2.47. The SMILES string of the molecule is O=C(NC1CCCC1)[C@H](c1cccs1)N(Cc1ccc(F)cc1)C(=O)C(F)(F)F. The quantitative estimate of drug-likeness (QED) is 0.685. The summed E-state index contributed by atoms with van der Waals surface area (Å²) in [6, 6.07) is 6.41. The summed E-state index contributed by atoms with van der Waals surface area (Å²) in [5.41, 5.74) is 0.291. The molecular weight excluding hydrogens is 408 g/mol. The van der Waals surface area contributed by atoms with Crippen LogP contribution in [0.2, 0.25) is 0 Å². The molecule has 3 rings (SSSR count). The summed E-state index contributed by atoms with van der Waals surface area (Å²) >= 11 is 1.10. The van der Waals surface area contributed by atoms with Crippen molar-refractivity contribution in [2.45, 2.75) is 50.5 Å². The molecule has 1 aliphatic rings. The number of benzene rings is 1. The number of alkyl halides is 3. The van der Waals surface area contributed by atoms with E-state index in [4.69, 9.17) is 0 Å². The molecule has 1 aromatic heterocycles. The summed E-state index contributed by atoms with van der Waals surface area (Å²) in [6.45, 7) is -0.473. The number of hydrogen-bond donors (Lipinski definition) is 1. The maximum atomic E-state index is 13.4. The number of amides is 2. The molecule has 0 bridgehead atoms. The van der Waals surface area contributed by atoms with E-state index in [9.17, 15) is 27.2 Å². The molecule has 9 heteroatoms. The summed E-state index contributed by atoms with van der Waals surface area (Å²) in [5, 5.41) is 4.43. The highest BCUT2D eigenvalue weighted by atomic mass is 32.1. The third-order valence-electron chi connectivity index (χ3n) is 4.84. The largest absolute Gasteiger partial charge is 0.471 e. The molecule has 0 spiro atoms. The Labute approximate surface area is 169 Å². The van der Waals surface area contributed by atoms with Gasteiger partial charge in [0.15, 0.2) is 0 Å². The van der Waals surface area contributed by atoms with Gasteiger partial charge in [-0.05, 0) is 42.0 Å². The minimum Gasteiger partial charge on any atom is -0.351 e. The van der Waals surface area contributed by atoms with E-state index in [1.54, 1.807) is 11.4 Å². The van der Waals surface area contributed by atoms with E-state index < -0.39 is 36.4 Å². The predicted molar refractivity (Wildman–Crippen MR) is 100 cm³/mol. The molecule has 1 N–H and O–H groups in total. The van der Waals surface area contributed by atoms with Gasteiger partial charge < -0.3 is 10.2 Å². The van der Waals surface area contributed by atoms with Crippen LogP contribution in [0.1, 0.15) is 42.2 Å². The fourth-order valence-corrected chi connectivity index (χ4v) is 4.29. The van der Waals surface area contributed by atoms with E-state index in [0.29, 0.717) is 15.3 Å². The van der Waals surface area contributed by atoms with E-state index in [-0.39, 0.29) is 6.04 Å². The minimum atomic E-state index is -5.15. The fraction of sp³-hybridized carbons (Fsp3) is 0.400. The van der Waals surface area contributed by atoms with Crippen LogP contribution in [0.15, 0.2) is 41.8 Å². The van der Waals surface area contributed by atoms with Crippen molar-refractivity contribution < 1.29 is 27.2 Å². The molecule has 2 amide bonds. The lowest BCUT2D eigenvalue weighted by molar-refractivity contribution is -0.189. The molecule has 1 fully saturated rings. The fourth-order valence-electron chi connectivity index (χ4n) is 3.45. The number of rotatable bonds is 6. The van der Waals surface area contributed by atoms with E-state index in [0.717, 1.165) is 49.2 Å². The van der Waals surface area contributed by atoms with E-state index in [1.807, 2.05) is 0 Å². The number of hydrogen-bond acceptors (Lipinski definition) is 3. The number of thiophene rings is 1. The van der Waals surface area contributed by atoms with Gasteiger partial charge in [0.05, 0.1) is 0 Å². The van der Waals surface area contributed by atoms with Crippen molar-refractivity contribution in [2.24, 2.45) is 0 Å². The lowest BCUT2D eigenvalue weighted by atomic mass is 10.1. The molecule has 156 valence electrons. The molecule has 0 unspecified atom stereocenters. The van der Waals surface area contributed by atoms with Crippen LogP contribution in [0.5, 0.6) is 0 Å². The Kier molecular flexibility index (Phi) is 6.56. The Balaban J connectivity index is 1.95. The first-order valence-electron chi connectivity index (χ1n) is 9.21. The van der Waals surface area contributed by atoms with Gasteiger partial charge >= 0.3 is 12.1 Å². The van der Waals surface area contributed by atoms with Gasteiger partial charge in [0, 0.05) is 17.5 Å². The normalized spacial score (nSPS) is 15.9. The smallest absolute Gasteiger partial charge is 0.351 e. The maximum absolute atomic E-state index is 13.4. The highest BCUT2D eigenvalue weighted by Crippen LogP contribution is 2.32. The molecule has 0 saturated heterocycles. The average molecular weight is 428 g/mol. The van der Waals surface area contributed by atoms with Crippen molar-refractivity contribution in [3.63, 3.8) is 0 Å². The van der Waals surface area contributed by atoms with E-state index in [2.05, 4.69) is 5.32 Å². The zero-order valence-electron chi connectivity index (χ0n) is 15.4. The summed E-state index contributed by atoms with van der Waals surface area (Å²) in [7, 11) is 0. The molecule has 1 saturated carbocycles. The minimum absolute atomic E-state index is 0.112. The molecule has 0 aliphatic heterocycles. The van der Waals surface area contributed by atoms with Gasteiger partial charge in [-0.15, -0.1) is 11.3 Å². The Bertz CT molecular complexity index is 831. The molecule has 1 atom stereocenters. The topological polar surface area (TPSA) is 49.4 Å². The lowest BCUT2D eigenvalue weighted by Crippen LogP contribution is -2.49. The van der Waals surface area contributed by atoms with Crippen molar-refractivity contribution in [2.75, 3.05) is 0 Å². The molecule has 2 aromatic rings. The van der Waals surface area contributed by atoms with Crippen LogP contribution < -0.4 is 5.32 Å². The summed E-state index contributed by atoms with van der Waals surface area (Å²) in [5.74, 6) is -3.29. The molecule has 1 heterocycles. The van der Waals surface area contributed by atoms with Gasteiger partial charge in [-0.2, -0.15) is 13.2 Å². The van der Waals surface area contributed by atoms with Crippen LogP contribution in [0.3, 0.4) is 0 Å². The summed E-state index contributed by atoms with van der Waals surface area (Å²) < 4.78 is 53.3. The van der Waals surface area contributed by atoms with E-state index in [1.165, 1.54) is 18.2 Å². The zero-order valence-corrected chi connectivity index (χ0v) is 16.2. The van der Waals surface area contributed by atoms with Crippen LogP contribution in [0.25, 0.3) is 0 Å². The Hall–Kier alpha value is -2.42. The molecular formula is C20H20F4N2O2S. The Morgan fingerprint density at radius 3 is 2.34 bits per heavy atom. The number of carbonyl (C=O) groups is 2. The molecule has 0 radical (unpaired) electrons. The third kappa shape index (κ3) is 5.35. The highest BCUT2D eigenvalue weighted by molar-refractivity contribution is 7.10. The number of carbonyl (C=O) groups excluding carboxylic acids is 2. The first kappa shape index (κ1) is 21.3. The maximum Gasteiger partial charge on any atom is 0.471 e. The second-order valence-corrected chi connectivity index (χ2v) is 7.94. The molecule has 29 heavy (non-hydrogen) atoms. The van der Waals surface area contributed by atoms with Gasteiger partial charge in [0.25, 0.3) is 0 Å². The van der Waals surface area contributed by atoms with E-state index >= 15 is 0 Å². The van der Waals surface area contributed by atoms with Gasteiger partial charge in [-0.3, -0.25) is 9.59 Å². The van der Waals surface area contributed by atoms with Crippen LogP contribution in [0, 0.1) is 5.82 Å². The molecule has 4 nitrogen and oxygen atoms in total. The standard InChI is InChI=1S/C20H20F4N2O2S/c21-14-9-7-13(8-10-14)12-26(19(28)20(22,23)24)17(16-6-3-11-29-16)18(27)25-15-4-1-2-5-15/h3,6-11,15,17H,1-2,4-5,12H2,(H,25,27)/t17-/m0/s1. The van der Waals surface area contributed by atoms with Crippen molar-refractivity contribution >= 4 is 23.2 Å². The summed E-state index contributed by atoms with van der Waals surface area (Å²) in [4.78, 5) is 26.1. The van der Waals surface area contributed by atoms with Gasteiger partial charge in [0.1, 0.15) is 11.9 Å². The van der Waals surface area contributed by atoms with Gasteiger partial charge in [-0.25, -0.2) is 4.39 Å². The van der Waals surface area contributed by atoms with Crippen molar-refractivity contribution in [3.05, 3.63) is 58.0 Å². The van der Waals surface area contributed by atoms with Crippen molar-refractivity contribution in [1.29, 1.82) is 0 Å². The van der Waals surface area contributed by atoms with Gasteiger partial charge in [-0.1, -0.05) is 31.0 Å². The zero-order chi connectivity index (χ0) is 21.0. The van der Waals surface area contributed by atoms with Crippen LogP contribution in [-0.2, 0) is 16.1 Å². The van der Waals surface area contributed by atoms with Crippen LogP contribution >= 0.6 is 11.3 Å². The van der Waals surface area contributed by atoms with Crippen molar-refractivity contribution in [1.82, 2.24) is 10.2 Å². The first-order valence-corrected chi connectivity index (χ1v) is 10.1.